The van der Waals surface area contributed by atoms with Crippen LogP contribution < -0.4 is 5.32 Å². The molecule has 0 radical (unpaired) electrons. The van der Waals surface area contributed by atoms with Crippen LogP contribution in [-0.2, 0) is 0 Å². The van der Waals surface area contributed by atoms with Crippen LogP contribution in [0.2, 0.25) is 10.0 Å². The van der Waals surface area contributed by atoms with Crippen molar-refractivity contribution in [1.82, 2.24) is 25.0 Å². The van der Waals surface area contributed by atoms with E-state index in [0.717, 1.165) is 24.2 Å². The van der Waals surface area contributed by atoms with Gasteiger partial charge < -0.3 is 20.6 Å². The number of fused-ring (bicyclic) bond motifs is 1. The van der Waals surface area contributed by atoms with Crippen molar-refractivity contribution < 1.29 is 15.3 Å². The summed E-state index contributed by atoms with van der Waals surface area (Å²) in [5.41, 5.74) is 2.12. The molecule has 0 saturated heterocycles. The number of aliphatic hydroxyl groups excluding tert-OH is 3. The number of nitrogens with one attached hydrogen (secondary N) is 1. The molecule has 0 aliphatic heterocycles. The first-order chi connectivity index (χ1) is 16.4. The maximum absolute atomic E-state index is 10.6. The largest absolute Gasteiger partial charge is 0.396 e. The van der Waals surface area contributed by atoms with Gasteiger partial charge in [-0.2, -0.15) is 0 Å². The van der Waals surface area contributed by atoms with Crippen molar-refractivity contribution >= 4 is 51.9 Å². The second-order valence-electron chi connectivity index (χ2n) is 8.90. The number of aromatic nitrogens is 5. The van der Waals surface area contributed by atoms with Crippen molar-refractivity contribution in [2.24, 2.45) is 5.92 Å². The number of anilines is 1. The standard InChI is InChI=1S/C22H26Cl2N6O3S/c1-2-5-34-22-26-20(25-15-8-12(15)10-3-4-13(23)14(24)6-10)17-21(27-22)30(29-28-17)16-7-11(9-31)18(32)19(16)33/h3-4,6,11-12,15-16,18-19,31-33H,2,5,7-9H2,1H3,(H,25,26,27)/t11-,12?,15?,16-,18-,19+/m1/s1. The fourth-order valence-corrected chi connectivity index (χ4v) is 5.56. The summed E-state index contributed by atoms with van der Waals surface area (Å²) in [5, 5.41) is 44.2. The van der Waals surface area contributed by atoms with E-state index in [4.69, 9.17) is 28.2 Å². The Labute approximate surface area is 210 Å². The normalized spacial score (nSPS) is 28.5. The fourth-order valence-electron chi connectivity index (χ4n) is 4.56. The molecule has 2 aromatic heterocycles. The zero-order valence-electron chi connectivity index (χ0n) is 18.5. The molecule has 9 nitrogen and oxygen atoms in total. The lowest BCUT2D eigenvalue weighted by Crippen LogP contribution is -2.30. The zero-order chi connectivity index (χ0) is 24.0. The number of aliphatic hydroxyl groups is 3. The molecule has 3 aromatic rings. The summed E-state index contributed by atoms with van der Waals surface area (Å²) in [6.07, 6.45) is 0.174. The van der Waals surface area contributed by atoms with E-state index in [9.17, 15) is 15.3 Å². The molecule has 2 saturated carbocycles. The number of rotatable bonds is 8. The monoisotopic (exact) mass is 524 g/mol. The van der Waals surface area contributed by atoms with Crippen molar-refractivity contribution in [3.05, 3.63) is 33.8 Å². The van der Waals surface area contributed by atoms with Crippen LogP contribution in [0.25, 0.3) is 11.2 Å². The molecule has 34 heavy (non-hydrogen) atoms. The first-order valence-corrected chi connectivity index (χ1v) is 13.1. The van der Waals surface area contributed by atoms with E-state index in [1.807, 2.05) is 18.2 Å². The van der Waals surface area contributed by atoms with Crippen molar-refractivity contribution in [3.8, 4) is 0 Å². The highest BCUT2D eigenvalue weighted by Gasteiger charge is 2.44. The third-order valence-electron chi connectivity index (χ3n) is 6.54. The van der Waals surface area contributed by atoms with Gasteiger partial charge in [0.2, 0.25) is 0 Å². The Balaban J connectivity index is 1.45. The maximum Gasteiger partial charge on any atom is 0.191 e. The summed E-state index contributed by atoms with van der Waals surface area (Å²) >= 11 is 13.8. The Morgan fingerprint density at radius 3 is 2.68 bits per heavy atom. The summed E-state index contributed by atoms with van der Waals surface area (Å²) in [5.74, 6) is 1.30. The van der Waals surface area contributed by atoms with Gasteiger partial charge in [0.15, 0.2) is 22.1 Å². The molecule has 182 valence electrons. The average Bonchev–Trinajstić information content (AvgIpc) is 3.37. The van der Waals surface area contributed by atoms with Crippen molar-refractivity contribution in [1.29, 1.82) is 0 Å². The van der Waals surface area contributed by atoms with Gasteiger partial charge in [-0.3, -0.25) is 0 Å². The predicted molar refractivity (Wildman–Crippen MR) is 132 cm³/mol. The van der Waals surface area contributed by atoms with Gasteiger partial charge in [-0.15, -0.1) is 5.10 Å². The van der Waals surface area contributed by atoms with Gasteiger partial charge in [0.25, 0.3) is 0 Å². The molecule has 2 aliphatic rings. The lowest BCUT2D eigenvalue weighted by molar-refractivity contribution is -0.00512. The van der Waals surface area contributed by atoms with Gasteiger partial charge in [-0.05, 0) is 37.0 Å². The van der Waals surface area contributed by atoms with E-state index in [0.29, 0.717) is 38.6 Å². The number of benzene rings is 1. The molecule has 2 unspecified atom stereocenters. The van der Waals surface area contributed by atoms with E-state index < -0.39 is 24.2 Å². The van der Waals surface area contributed by atoms with E-state index in [1.165, 1.54) is 0 Å². The summed E-state index contributed by atoms with van der Waals surface area (Å²) in [7, 11) is 0. The van der Waals surface area contributed by atoms with E-state index in [-0.39, 0.29) is 18.6 Å². The zero-order valence-corrected chi connectivity index (χ0v) is 20.8. The van der Waals surface area contributed by atoms with Gasteiger partial charge in [-0.1, -0.05) is 53.2 Å². The highest BCUT2D eigenvalue weighted by molar-refractivity contribution is 7.99. The topological polar surface area (TPSA) is 129 Å². The summed E-state index contributed by atoms with van der Waals surface area (Å²) in [6, 6.07) is 5.31. The molecular formula is C22H26Cl2N6O3S. The van der Waals surface area contributed by atoms with Gasteiger partial charge in [0.05, 0.1) is 22.2 Å². The summed E-state index contributed by atoms with van der Waals surface area (Å²) in [4.78, 5) is 9.39. The minimum Gasteiger partial charge on any atom is -0.396 e. The molecule has 6 atom stereocenters. The molecular weight excluding hydrogens is 499 g/mol. The average molecular weight is 525 g/mol. The smallest absolute Gasteiger partial charge is 0.191 e. The van der Waals surface area contributed by atoms with Crippen LogP contribution in [-0.4, -0.2) is 70.9 Å². The highest BCUT2D eigenvalue weighted by Crippen LogP contribution is 2.45. The van der Waals surface area contributed by atoms with Gasteiger partial charge in [0.1, 0.15) is 6.10 Å². The number of hydrogen-bond acceptors (Lipinski definition) is 9. The van der Waals surface area contributed by atoms with Crippen LogP contribution >= 0.6 is 35.0 Å². The van der Waals surface area contributed by atoms with E-state index >= 15 is 0 Å². The Bertz CT molecular complexity index is 1200. The second-order valence-corrected chi connectivity index (χ2v) is 10.8. The van der Waals surface area contributed by atoms with E-state index in [1.54, 1.807) is 16.4 Å². The Hall–Kier alpha value is -1.69. The Morgan fingerprint density at radius 1 is 1.15 bits per heavy atom. The predicted octanol–water partition coefficient (Wildman–Crippen LogP) is 3.27. The molecule has 4 N–H and O–H groups in total. The summed E-state index contributed by atoms with van der Waals surface area (Å²) in [6.45, 7) is 1.88. The number of hydrogen-bond donors (Lipinski definition) is 4. The minimum atomic E-state index is -1.07. The minimum absolute atomic E-state index is 0.155. The number of halogens is 2. The van der Waals surface area contributed by atoms with Crippen molar-refractivity contribution in [2.75, 3.05) is 17.7 Å². The second kappa shape index (κ2) is 9.75. The van der Waals surface area contributed by atoms with Crippen LogP contribution in [0.15, 0.2) is 23.4 Å². The molecule has 2 fully saturated rings. The summed E-state index contributed by atoms with van der Waals surface area (Å²) < 4.78 is 1.56. The molecule has 0 amide bonds. The van der Waals surface area contributed by atoms with Crippen LogP contribution in [0.4, 0.5) is 5.82 Å². The lowest BCUT2D eigenvalue weighted by Gasteiger charge is -2.17. The molecule has 2 heterocycles. The first-order valence-electron chi connectivity index (χ1n) is 11.4. The molecule has 5 rings (SSSR count). The molecule has 12 heteroatoms. The van der Waals surface area contributed by atoms with Gasteiger partial charge >= 0.3 is 0 Å². The molecule has 2 aliphatic carbocycles. The SMILES string of the molecule is CCCSc1nc(NC2CC2c2ccc(Cl)c(Cl)c2)c2nnn([C@@H]3C[C@H](CO)[C@@H](O)[C@H]3O)c2n1. The Kier molecular flexibility index (Phi) is 6.89. The molecule has 0 spiro atoms. The first kappa shape index (κ1) is 24.0. The highest BCUT2D eigenvalue weighted by atomic mass is 35.5. The maximum atomic E-state index is 10.6. The van der Waals surface area contributed by atoms with E-state index in [2.05, 4.69) is 27.5 Å². The van der Waals surface area contributed by atoms with Crippen LogP contribution in [0, 0.1) is 5.92 Å². The molecule has 0 bridgehead atoms. The molecule has 1 aromatic carbocycles. The third kappa shape index (κ3) is 4.47. The van der Waals surface area contributed by atoms with Crippen molar-refractivity contribution in [3.63, 3.8) is 0 Å². The van der Waals surface area contributed by atoms with Crippen LogP contribution in [0.5, 0.6) is 0 Å². The third-order valence-corrected chi connectivity index (χ3v) is 8.34. The van der Waals surface area contributed by atoms with Gasteiger partial charge in [-0.25, -0.2) is 14.6 Å². The fraction of sp³-hybridized carbons (Fsp3) is 0.545. The van der Waals surface area contributed by atoms with Crippen molar-refractivity contribution in [2.45, 2.75) is 61.6 Å². The van der Waals surface area contributed by atoms with Crippen LogP contribution in [0.1, 0.15) is 43.7 Å². The quantitative estimate of drug-likeness (QED) is 0.259. The Morgan fingerprint density at radius 2 is 1.97 bits per heavy atom. The lowest BCUT2D eigenvalue weighted by atomic mass is 10.1. The number of nitrogens with zero attached hydrogens (tertiary/aromatic N) is 5. The van der Waals surface area contributed by atoms with Gasteiger partial charge in [0, 0.05) is 30.2 Å². The van der Waals surface area contributed by atoms with Crippen LogP contribution in [0.3, 0.4) is 0 Å². The number of thioether (sulfide) groups is 1.